The molecule has 3 rings (SSSR count). The first-order valence-electron chi connectivity index (χ1n) is 10.1. The molecular weight excluding hydrogens is 412 g/mol. The van der Waals surface area contributed by atoms with Crippen LogP contribution in [-0.4, -0.2) is 35.2 Å². The second-order valence-electron chi connectivity index (χ2n) is 9.31. The Morgan fingerprint density at radius 1 is 0.750 bits per heavy atom. The van der Waals surface area contributed by atoms with Crippen molar-refractivity contribution in [2.24, 2.45) is 0 Å². The van der Waals surface area contributed by atoms with Crippen LogP contribution in [-0.2, 0) is 9.47 Å². The Morgan fingerprint density at radius 3 is 1.66 bits per heavy atom. The van der Waals surface area contributed by atoms with E-state index in [9.17, 15) is 19.2 Å². The van der Waals surface area contributed by atoms with Crippen LogP contribution in [0.5, 0.6) is 0 Å². The lowest BCUT2D eigenvalue weighted by Crippen LogP contribution is -2.44. The molecule has 8 heteroatoms. The normalized spacial score (nSPS) is 13.6. The molecule has 0 saturated carbocycles. The second-order valence-corrected chi connectivity index (χ2v) is 9.31. The zero-order valence-electron chi connectivity index (χ0n) is 19.0. The standard InChI is InChI=1S/C24H26N2O6/c1-23(2,3)31-21(29)26(22(30)32-24(4,5)6)16-11-9-10-15(14-16)25-19(27)17-12-7-8-13-18(17)20(25)28/h7-14H,1-6H3. The molecule has 32 heavy (non-hydrogen) atoms. The fourth-order valence-corrected chi connectivity index (χ4v) is 3.10. The smallest absolute Gasteiger partial charge is 0.424 e. The third-order valence-corrected chi connectivity index (χ3v) is 4.29. The first-order chi connectivity index (χ1) is 14.8. The molecule has 1 aliphatic rings. The van der Waals surface area contributed by atoms with Crippen molar-refractivity contribution in [3.8, 4) is 0 Å². The van der Waals surface area contributed by atoms with Gasteiger partial charge < -0.3 is 9.47 Å². The van der Waals surface area contributed by atoms with Gasteiger partial charge in [0, 0.05) is 0 Å². The topological polar surface area (TPSA) is 93.2 Å². The summed E-state index contributed by atoms with van der Waals surface area (Å²) in [5.41, 5.74) is -0.832. The number of nitrogens with zero attached hydrogens (tertiary/aromatic N) is 2. The van der Waals surface area contributed by atoms with Crippen LogP contribution in [0.15, 0.2) is 48.5 Å². The van der Waals surface area contributed by atoms with Gasteiger partial charge in [-0.15, -0.1) is 0 Å². The number of imide groups is 2. The van der Waals surface area contributed by atoms with Crippen molar-refractivity contribution >= 4 is 35.4 Å². The fraction of sp³-hybridized carbons (Fsp3) is 0.333. The maximum Gasteiger partial charge on any atom is 0.424 e. The molecule has 0 saturated heterocycles. The molecule has 0 aliphatic carbocycles. The van der Waals surface area contributed by atoms with Gasteiger partial charge in [-0.05, 0) is 71.9 Å². The van der Waals surface area contributed by atoms with Crippen molar-refractivity contribution in [3.05, 3.63) is 59.7 Å². The molecular formula is C24H26N2O6. The monoisotopic (exact) mass is 438 g/mol. The summed E-state index contributed by atoms with van der Waals surface area (Å²) >= 11 is 0. The number of hydrogen-bond donors (Lipinski definition) is 0. The molecule has 1 heterocycles. The van der Waals surface area contributed by atoms with Gasteiger partial charge in [0.05, 0.1) is 22.5 Å². The van der Waals surface area contributed by atoms with Gasteiger partial charge in [-0.2, -0.15) is 4.90 Å². The third kappa shape index (κ3) is 4.80. The van der Waals surface area contributed by atoms with Crippen LogP contribution in [0.1, 0.15) is 62.3 Å². The second kappa shape index (κ2) is 8.11. The Morgan fingerprint density at radius 2 is 1.22 bits per heavy atom. The lowest BCUT2D eigenvalue weighted by Gasteiger charge is -2.29. The molecule has 0 bridgehead atoms. The number of carbonyl (C=O) groups excluding carboxylic acids is 4. The Kier molecular flexibility index (Phi) is 5.82. The van der Waals surface area contributed by atoms with E-state index in [0.29, 0.717) is 11.1 Å². The Balaban J connectivity index is 2.01. The van der Waals surface area contributed by atoms with Gasteiger partial charge in [0.15, 0.2) is 0 Å². The minimum absolute atomic E-state index is 0.0996. The predicted octanol–water partition coefficient (Wildman–Crippen LogP) is 5.16. The van der Waals surface area contributed by atoms with Crippen molar-refractivity contribution in [2.75, 3.05) is 9.80 Å². The lowest BCUT2D eigenvalue weighted by molar-refractivity contribution is 0.0430. The van der Waals surface area contributed by atoms with Crippen LogP contribution in [0, 0.1) is 0 Å². The van der Waals surface area contributed by atoms with Crippen LogP contribution < -0.4 is 9.80 Å². The van der Waals surface area contributed by atoms with Gasteiger partial charge >= 0.3 is 12.2 Å². The summed E-state index contributed by atoms with van der Waals surface area (Å²) in [7, 11) is 0. The van der Waals surface area contributed by atoms with Crippen molar-refractivity contribution in [2.45, 2.75) is 52.7 Å². The van der Waals surface area contributed by atoms with Gasteiger partial charge in [-0.3, -0.25) is 9.59 Å². The SMILES string of the molecule is CC(C)(C)OC(=O)N(C(=O)OC(C)(C)C)c1cccc(N2C(=O)c3ccccc3C2=O)c1. The summed E-state index contributed by atoms with van der Waals surface area (Å²) in [4.78, 5) is 53.2. The Bertz CT molecular complexity index is 1030. The van der Waals surface area contributed by atoms with Gasteiger partial charge in [0.25, 0.3) is 11.8 Å². The highest BCUT2D eigenvalue weighted by Gasteiger charge is 2.38. The highest BCUT2D eigenvalue weighted by Crippen LogP contribution is 2.31. The summed E-state index contributed by atoms with van der Waals surface area (Å²) in [6.45, 7) is 10.0. The number of carbonyl (C=O) groups is 4. The molecule has 0 atom stereocenters. The zero-order valence-corrected chi connectivity index (χ0v) is 19.0. The van der Waals surface area contributed by atoms with Crippen LogP contribution in [0.2, 0.25) is 0 Å². The summed E-state index contributed by atoms with van der Waals surface area (Å²) in [6, 6.07) is 12.5. The van der Waals surface area contributed by atoms with E-state index in [1.165, 1.54) is 18.2 Å². The van der Waals surface area contributed by atoms with Gasteiger partial charge in [-0.1, -0.05) is 18.2 Å². The number of rotatable bonds is 2. The number of fused-ring (bicyclic) bond motifs is 1. The Labute approximate surface area is 186 Å². The predicted molar refractivity (Wildman–Crippen MR) is 119 cm³/mol. The van der Waals surface area contributed by atoms with Crippen molar-refractivity contribution in [3.63, 3.8) is 0 Å². The van der Waals surface area contributed by atoms with Gasteiger partial charge in [0.2, 0.25) is 0 Å². The molecule has 0 radical (unpaired) electrons. The molecule has 168 valence electrons. The highest BCUT2D eigenvalue weighted by molar-refractivity contribution is 6.34. The number of ether oxygens (including phenoxy) is 2. The van der Waals surface area contributed by atoms with Crippen molar-refractivity contribution in [1.29, 1.82) is 0 Å². The van der Waals surface area contributed by atoms with Crippen LogP contribution >= 0.6 is 0 Å². The number of hydrogen-bond acceptors (Lipinski definition) is 6. The number of anilines is 2. The number of amides is 4. The minimum Gasteiger partial charge on any atom is -0.443 e. The van der Waals surface area contributed by atoms with Crippen LogP contribution in [0.3, 0.4) is 0 Å². The van der Waals surface area contributed by atoms with E-state index < -0.39 is 35.2 Å². The molecule has 0 unspecified atom stereocenters. The van der Waals surface area contributed by atoms with E-state index in [0.717, 1.165) is 9.80 Å². The highest BCUT2D eigenvalue weighted by atomic mass is 16.6. The van der Waals surface area contributed by atoms with E-state index in [-0.39, 0.29) is 11.4 Å². The van der Waals surface area contributed by atoms with Gasteiger partial charge in [0.1, 0.15) is 11.2 Å². The molecule has 1 aliphatic heterocycles. The van der Waals surface area contributed by atoms with E-state index in [1.54, 1.807) is 71.9 Å². The molecule has 0 spiro atoms. The maximum absolute atomic E-state index is 12.9. The van der Waals surface area contributed by atoms with Crippen molar-refractivity contribution < 1.29 is 28.7 Å². The summed E-state index contributed by atoms with van der Waals surface area (Å²) in [5.74, 6) is -0.965. The first kappa shape index (κ1) is 23.0. The molecule has 0 aromatic heterocycles. The Hall–Kier alpha value is -3.68. The minimum atomic E-state index is -0.939. The average molecular weight is 438 g/mol. The summed E-state index contributed by atoms with van der Waals surface area (Å²) < 4.78 is 10.8. The summed E-state index contributed by atoms with van der Waals surface area (Å²) in [5, 5.41) is 0. The zero-order chi connectivity index (χ0) is 23.8. The molecule has 2 aromatic carbocycles. The quantitative estimate of drug-likeness (QED) is 0.601. The molecule has 0 N–H and O–H groups in total. The molecule has 8 nitrogen and oxygen atoms in total. The van der Waals surface area contributed by atoms with Crippen molar-refractivity contribution in [1.82, 2.24) is 0 Å². The summed E-state index contributed by atoms with van der Waals surface area (Å²) in [6.07, 6.45) is -1.88. The molecule has 2 aromatic rings. The molecule has 0 fully saturated rings. The lowest BCUT2D eigenvalue weighted by atomic mass is 10.1. The van der Waals surface area contributed by atoms with Crippen LogP contribution in [0.25, 0.3) is 0 Å². The van der Waals surface area contributed by atoms with E-state index in [4.69, 9.17) is 9.47 Å². The van der Waals surface area contributed by atoms with Crippen LogP contribution in [0.4, 0.5) is 21.0 Å². The first-order valence-corrected chi connectivity index (χ1v) is 10.1. The largest absolute Gasteiger partial charge is 0.443 e. The van der Waals surface area contributed by atoms with E-state index in [2.05, 4.69) is 0 Å². The average Bonchev–Trinajstić information content (AvgIpc) is 2.90. The fourth-order valence-electron chi connectivity index (χ4n) is 3.10. The third-order valence-electron chi connectivity index (χ3n) is 4.29. The number of benzene rings is 2. The molecule has 4 amide bonds. The van der Waals surface area contributed by atoms with Gasteiger partial charge in [-0.25, -0.2) is 14.5 Å². The van der Waals surface area contributed by atoms with E-state index >= 15 is 0 Å². The van der Waals surface area contributed by atoms with E-state index in [1.807, 2.05) is 0 Å². The maximum atomic E-state index is 12.9.